The zero-order valence-corrected chi connectivity index (χ0v) is 12.4. The van der Waals surface area contributed by atoms with E-state index in [2.05, 4.69) is 5.32 Å². The van der Waals surface area contributed by atoms with Crippen LogP contribution in [0.15, 0.2) is 0 Å². The maximum atomic E-state index is 11.9. The van der Waals surface area contributed by atoms with Crippen LogP contribution in [0.5, 0.6) is 0 Å². The van der Waals surface area contributed by atoms with Crippen molar-refractivity contribution in [2.45, 2.75) is 33.3 Å². The topological polar surface area (TPSA) is 61.9 Å². The molecule has 1 saturated heterocycles. The van der Waals surface area contributed by atoms with E-state index in [0.717, 1.165) is 6.54 Å². The lowest BCUT2D eigenvalue weighted by molar-refractivity contribution is -0.131. The second kappa shape index (κ2) is 6.75. The van der Waals surface area contributed by atoms with Crippen molar-refractivity contribution in [2.75, 3.05) is 39.3 Å². The normalized spacial score (nSPS) is 16.4. The molecule has 0 unspecified atom stereocenters. The third kappa shape index (κ3) is 5.46. The Morgan fingerprint density at radius 1 is 1.11 bits per heavy atom. The van der Waals surface area contributed by atoms with Gasteiger partial charge in [-0.3, -0.25) is 4.79 Å². The zero-order valence-electron chi connectivity index (χ0n) is 12.4. The Hall–Kier alpha value is -1.30. The smallest absolute Gasteiger partial charge is 0.410 e. The molecule has 0 bridgehead atoms. The van der Waals surface area contributed by atoms with E-state index < -0.39 is 5.60 Å². The summed E-state index contributed by atoms with van der Waals surface area (Å²) in [6, 6.07) is 0. The second-order valence-corrected chi connectivity index (χ2v) is 5.63. The molecule has 1 aliphatic rings. The molecular formula is C13H25N3O3. The van der Waals surface area contributed by atoms with Crippen molar-refractivity contribution >= 4 is 12.0 Å². The van der Waals surface area contributed by atoms with E-state index in [-0.39, 0.29) is 12.0 Å². The second-order valence-electron chi connectivity index (χ2n) is 5.63. The van der Waals surface area contributed by atoms with Crippen LogP contribution >= 0.6 is 0 Å². The Labute approximate surface area is 115 Å². The Morgan fingerprint density at radius 3 is 2.11 bits per heavy atom. The lowest BCUT2D eigenvalue weighted by Crippen LogP contribution is -2.53. The summed E-state index contributed by atoms with van der Waals surface area (Å²) in [5.41, 5.74) is -0.477. The molecule has 1 rings (SSSR count). The minimum atomic E-state index is -0.477. The quantitative estimate of drug-likeness (QED) is 0.820. The van der Waals surface area contributed by atoms with Crippen molar-refractivity contribution in [3.8, 4) is 0 Å². The first-order chi connectivity index (χ1) is 8.83. The predicted octanol–water partition coefficient (Wildman–Crippen LogP) is 0.675. The number of nitrogens with zero attached hydrogens (tertiary/aromatic N) is 2. The van der Waals surface area contributed by atoms with Crippen LogP contribution in [0.4, 0.5) is 4.79 Å². The van der Waals surface area contributed by atoms with Crippen LogP contribution in [-0.2, 0) is 9.53 Å². The monoisotopic (exact) mass is 271 g/mol. The van der Waals surface area contributed by atoms with E-state index in [9.17, 15) is 9.59 Å². The number of carbonyl (C=O) groups is 2. The SMILES string of the molecule is CCNCC(=O)N1CCN(C(=O)OC(C)(C)C)CC1. The standard InChI is InChI=1S/C13H25N3O3/c1-5-14-10-11(17)15-6-8-16(9-7-15)12(18)19-13(2,3)4/h14H,5-10H2,1-4H3. The Balaban J connectivity index is 2.36. The highest BCUT2D eigenvalue weighted by Gasteiger charge is 2.27. The molecular weight excluding hydrogens is 246 g/mol. The van der Waals surface area contributed by atoms with Crippen molar-refractivity contribution in [3.63, 3.8) is 0 Å². The molecule has 0 aromatic rings. The lowest BCUT2D eigenvalue weighted by atomic mass is 10.2. The van der Waals surface area contributed by atoms with Crippen LogP contribution < -0.4 is 5.32 Å². The van der Waals surface area contributed by atoms with E-state index in [0.29, 0.717) is 32.7 Å². The van der Waals surface area contributed by atoms with E-state index in [1.54, 1.807) is 9.80 Å². The molecule has 0 aromatic carbocycles. The summed E-state index contributed by atoms with van der Waals surface area (Å²) in [5.74, 6) is 0.0886. The highest BCUT2D eigenvalue weighted by atomic mass is 16.6. The number of hydrogen-bond acceptors (Lipinski definition) is 4. The van der Waals surface area contributed by atoms with Crippen LogP contribution in [0.25, 0.3) is 0 Å². The molecule has 1 N–H and O–H groups in total. The fourth-order valence-corrected chi connectivity index (χ4v) is 1.81. The van der Waals surface area contributed by atoms with Crippen LogP contribution in [0.2, 0.25) is 0 Å². The van der Waals surface area contributed by atoms with Crippen molar-refractivity contribution in [2.24, 2.45) is 0 Å². The van der Waals surface area contributed by atoms with Crippen molar-refractivity contribution in [1.29, 1.82) is 0 Å². The van der Waals surface area contributed by atoms with Crippen molar-refractivity contribution in [1.82, 2.24) is 15.1 Å². The summed E-state index contributed by atoms with van der Waals surface area (Å²) in [4.78, 5) is 27.1. The third-order valence-corrected chi connectivity index (χ3v) is 2.81. The largest absolute Gasteiger partial charge is 0.444 e. The molecule has 1 heterocycles. The lowest BCUT2D eigenvalue weighted by Gasteiger charge is -2.35. The van der Waals surface area contributed by atoms with Crippen LogP contribution in [0, 0.1) is 0 Å². The molecule has 0 aliphatic carbocycles. The number of hydrogen-bond donors (Lipinski definition) is 1. The van der Waals surface area contributed by atoms with E-state index in [4.69, 9.17) is 4.74 Å². The van der Waals surface area contributed by atoms with Gasteiger partial charge in [-0.2, -0.15) is 0 Å². The van der Waals surface area contributed by atoms with E-state index >= 15 is 0 Å². The molecule has 110 valence electrons. The number of likely N-dealkylation sites (N-methyl/N-ethyl adjacent to an activating group) is 1. The molecule has 0 radical (unpaired) electrons. The number of piperazine rings is 1. The molecule has 0 aromatic heterocycles. The molecule has 0 atom stereocenters. The van der Waals surface area contributed by atoms with Crippen molar-refractivity contribution in [3.05, 3.63) is 0 Å². The maximum Gasteiger partial charge on any atom is 0.410 e. The van der Waals surface area contributed by atoms with Gasteiger partial charge in [0.15, 0.2) is 0 Å². The number of rotatable bonds is 3. The van der Waals surface area contributed by atoms with Gasteiger partial charge in [-0.05, 0) is 27.3 Å². The Morgan fingerprint density at radius 2 is 1.63 bits per heavy atom. The highest BCUT2D eigenvalue weighted by molar-refractivity contribution is 5.78. The summed E-state index contributed by atoms with van der Waals surface area (Å²) < 4.78 is 5.31. The van der Waals surface area contributed by atoms with Crippen LogP contribution in [-0.4, -0.2) is 66.7 Å². The fraction of sp³-hybridized carbons (Fsp3) is 0.846. The van der Waals surface area contributed by atoms with Gasteiger partial charge in [0.2, 0.25) is 5.91 Å². The Kier molecular flexibility index (Phi) is 5.60. The maximum absolute atomic E-state index is 11.9. The van der Waals surface area contributed by atoms with Crippen LogP contribution in [0.1, 0.15) is 27.7 Å². The van der Waals surface area contributed by atoms with E-state index in [1.165, 1.54) is 0 Å². The summed E-state index contributed by atoms with van der Waals surface area (Å²) in [5, 5.41) is 3.01. The van der Waals surface area contributed by atoms with Gasteiger partial charge in [-0.25, -0.2) is 4.79 Å². The first kappa shape index (κ1) is 15.8. The summed E-state index contributed by atoms with van der Waals surface area (Å²) in [6.45, 7) is 10.9. The average molecular weight is 271 g/mol. The predicted molar refractivity (Wildman–Crippen MR) is 72.9 cm³/mol. The minimum absolute atomic E-state index is 0.0886. The first-order valence-corrected chi connectivity index (χ1v) is 6.80. The van der Waals surface area contributed by atoms with Gasteiger partial charge in [0, 0.05) is 26.2 Å². The molecule has 6 heteroatoms. The number of nitrogens with one attached hydrogen (secondary N) is 1. The molecule has 19 heavy (non-hydrogen) atoms. The zero-order chi connectivity index (χ0) is 14.5. The first-order valence-electron chi connectivity index (χ1n) is 6.80. The molecule has 1 aliphatic heterocycles. The number of amides is 2. The van der Waals surface area contributed by atoms with Gasteiger partial charge < -0.3 is 19.9 Å². The number of ether oxygens (including phenoxy) is 1. The van der Waals surface area contributed by atoms with Gasteiger partial charge in [-0.15, -0.1) is 0 Å². The molecule has 0 spiro atoms. The third-order valence-electron chi connectivity index (χ3n) is 2.81. The number of carbonyl (C=O) groups excluding carboxylic acids is 2. The van der Waals surface area contributed by atoms with Crippen molar-refractivity contribution < 1.29 is 14.3 Å². The fourth-order valence-electron chi connectivity index (χ4n) is 1.81. The van der Waals surface area contributed by atoms with Gasteiger partial charge >= 0.3 is 6.09 Å². The minimum Gasteiger partial charge on any atom is -0.444 e. The average Bonchev–Trinajstić information content (AvgIpc) is 2.34. The molecule has 2 amide bonds. The van der Waals surface area contributed by atoms with Gasteiger partial charge in [0.1, 0.15) is 5.60 Å². The highest BCUT2D eigenvalue weighted by Crippen LogP contribution is 2.11. The summed E-state index contributed by atoms with van der Waals surface area (Å²) in [7, 11) is 0. The van der Waals surface area contributed by atoms with Crippen LogP contribution in [0.3, 0.4) is 0 Å². The van der Waals surface area contributed by atoms with E-state index in [1.807, 2.05) is 27.7 Å². The summed E-state index contributed by atoms with van der Waals surface area (Å²) in [6.07, 6.45) is -0.300. The summed E-state index contributed by atoms with van der Waals surface area (Å²) >= 11 is 0. The van der Waals surface area contributed by atoms with Gasteiger partial charge in [-0.1, -0.05) is 6.92 Å². The molecule has 0 saturated carbocycles. The molecule has 6 nitrogen and oxygen atoms in total. The molecule has 1 fully saturated rings. The Bertz CT molecular complexity index is 318. The van der Waals surface area contributed by atoms with Gasteiger partial charge in [0.25, 0.3) is 0 Å². The van der Waals surface area contributed by atoms with Gasteiger partial charge in [0.05, 0.1) is 6.54 Å².